The van der Waals surface area contributed by atoms with Crippen LogP contribution in [-0.2, 0) is 0 Å². The van der Waals surface area contributed by atoms with E-state index in [9.17, 15) is 0 Å². The van der Waals surface area contributed by atoms with E-state index in [2.05, 4.69) is 158 Å². The Balaban J connectivity index is 1.20. The van der Waals surface area contributed by atoms with Crippen LogP contribution in [0.15, 0.2) is 158 Å². The number of rotatable bonds is 1. The molecule has 11 aromatic rings. The number of fused-ring (bicyclic) bond motifs is 14. The van der Waals surface area contributed by atoms with Gasteiger partial charge in [0.2, 0.25) is 0 Å². The van der Waals surface area contributed by atoms with Crippen LogP contribution < -0.4 is 0 Å². The van der Waals surface area contributed by atoms with Gasteiger partial charge in [-0.1, -0.05) is 115 Å². The first-order valence-corrected chi connectivity index (χ1v) is 18.6. The van der Waals surface area contributed by atoms with E-state index >= 15 is 0 Å². The summed E-state index contributed by atoms with van der Waals surface area (Å²) in [5.41, 5.74) is 13.3. The Kier molecular flexibility index (Phi) is 4.84. The highest BCUT2D eigenvalue weighted by Crippen LogP contribution is 2.53. The topological polar surface area (TPSA) is 0 Å². The van der Waals surface area contributed by atoms with Gasteiger partial charge in [0.1, 0.15) is 0 Å². The summed E-state index contributed by atoms with van der Waals surface area (Å²) in [6, 6.07) is 60.0. The van der Waals surface area contributed by atoms with Crippen molar-refractivity contribution in [3.8, 4) is 55.6 Å². The standard InChI is InChI=1S/C50H26S/c1-2-18-46-36(12-1)50-35(17-7-19-47(50)51-46)44-24-39-30(40-25-42-33-15-5-10-28-11-6-16-34(49(28)33)43(42)26-45(40)44)21-20-29-22-38-31-13-3-8-27-9-4-14-32(48(27)31)41(38)23-37(29)39/h1-26H. The quantitative estimate of drug-likeness (QED) is 0.154. The number of benzene rings is 10. The molecule has 0 spiro atoms. The summed E-state index contributed by atoms with van der Waals surface area (Å²) in [5, 5.41) is 15.9. The Labute approximate surface area is 297 Å². The molecule has 0 radical (unpaired) electrons. The number of hydrogen-bond acceptors (Lipinski definition) is 1. The third-order valence-corrected chi connectivity index (χ3v) is 13.0. The maximum atomic E-state index is 2.52. The average Bonchev–Trinajstić information content (AvgIpc) is 3.83. The minimum absolute atomic E-state index is 1.29. The lowest BCUT2D eigenvalue weighted by Crippen LogP contribution is -1.90. The predicted octanol–water partition coefficient (Wildman–Crippen LogP) is 14.8. The molecule has 10 aromatic carbocycles. The molecule has 0 unspecified atom stereocenters. The van der Waals surface area contributed by atoms with Crippen molar-refractivity contribution in [2.24, 2.45) is 0 Å². The fraction of sp³-hybridized carbons (Fsp3) is 0. The summed E-state index contributed by atoms with van der Waals surface area (Å²) >= 11 is 1.90. The van der Waals surface area contributed by atoms with Gasteiger partial charge in [0, 0.05) is 20.2 Å². The lowest BCUT2D eigenvalue weighted by atomic mass is 9.86. The summed E-state index contributed by atoms with van der Waals surface area (Å²) in [4.78, 5) is 0. The van der Waals surface area contributed by atoms with E-state index in [1.165, 1.54) is 130 Å². The third-order valence-electron chi connectivity index (χ3n) is 11.9. The van der Waals surface area contributed by atoms with Crippen molar-refractivity contribution < 1.29 is 0 Å². The Bertz CT molecular complexity index is 3400. The van der Waals surface area contributed by atoms with E-state index in [0.717, 1.165) is 0 Å². The fourth-order valence-corrected chi connectivity index (χ4v) is 10.9. The van der Waals surface area contributed by atoms with Gasteiger partial charge in [-0.25, -0.2) is 0 Å². The molecule has 0 N–H and O–H groups in total. The molecule has 1 heteroatoms. The van der Waals surface area contributed by atoms with Crippen LogP contribution in [0.4, 0.5) is 0 Å². The van der Waals surface area contributed by atoms with Gasteiger partial charge in [0.25, 0.3) is 0 Å². The van der Waals surface area contributed by atoms with Gasteiger partial charge < -0.3 is 0 Å². The highest BCUT2D eigenvalue weighted by atomic mass is 32.1. The zero-order valence-corrected chi connectivity index (χ0v) is 28.2. The first kappa shape index (κ1) is 26.6. The molecule has 0 aliphatic heterocycles. The van der Waals surface area contributed by atoms with Crippen LogP contribution in [0, 0.1) is 0 Å². The lowest BCUT2D eigenvalue weighted by Gasteiger charge is -2.17. The second-order valence-corrected chi connectivity index (χ2v) is 15.4. The molecule has 232 valence electrons. The van der Waals surface area contributed by atoms with Gasteiger partial charge in [0.15, 0.2) is 0 Å². The predicted molar refractivity (Wildman–Crippen MR) is 221 cm³/mol. The highest BCUT2D eigenvalue weighted by Gasteiger charge is 2.26. The van der Waals surface area contributed by atoms with E-state index in [-0.39, 0.29) is 0 Å². The maximum Gasteiger partial charge on any atom is 0.0361 e. The molecule has 51 heavy (non-hydrogen) atoms. The second kappa shape index (κ2) is 9.28. The monoisotopic (exact) mass is 658 g/mol. The first-order valence-electron chi connectivity index (χ1n) is 17.8. The van der Waals surface area contributed by atoms with Crippen LogP contribution in [0.2, 0.25) is 0 Å². The molecule has 0 amide bonds. The van der Waals surface area contributed by atoms with E-state index in [1.807, 2.05) is 11.3 Å². The van der Waals surface area contributed by atoms with Crippen LogP contribution in [0.3, 0.4) is 0 Å². The fourth-order valence-electron chi connectivity index (χ4n) is 9.75. The number of hydrogen-bond donors (Lipinski definition) is 0. The Morgan fingerprint density at radius 2 is 0.725 bits per heavy atom. The summed E-state index contributed by atoms with van der Waals surface area (Å²) in [6.07, 6.45) is 0. The Morgan fingerprint density at radius 3 is 1.39 bits per heavy atom. The molecular formula is C50H26S. The number of thiophene rings is 1. The lowest BCUT2D eigenvalue weighted by molar-refractivity contribution is 1.72. The zero-order valence-electron chi connectivity index (χ0n) is 27.4. The van der Waals surface area contributed by atoms with Crippen LogP contribution in [0.25, 0.3) is 130 Å². The van der Waals surface area contributed by atoms with Gasteiger partial charge in [0.05, 0.1) is 0 Å². The molecule has 1 heterocycles. The second-order valence-electron chi connectivity index (χ2n) is 14.3. The van der Waals surface area contributed by atoms with Crippen LogP contribution >= 0.6 is 11.3 Å². The highest BCUT2D eigenvalue weighted by molar-refractivity contribution is 7.25. The molecule has 1 aromatic heterocycles. The van der Waals surface area contributed by atoms with Crippen LogP contribution in [0.5, 0.6) is 0 Å². The van der Waals surface area contributed by atoms with Gasteiger partial charge in [-0.2, -0.15) is 0 Å². The molecule has 0 bridgehead atoms. The zero-order chi connectivity index (χ0) is 32.9. The van der Waals surface area contributed by atoms with Gasteiger partial charge in [-0.3, -0.25) is 0 Å². The molecule has 0 nitrogen and oxygen atoms in total. The van der Waals surface area contributed by atoms with Crippen molar-refractivity contribution in [3.63, 3.8) is 0 Å². The largest absolute Gasteiger partial charge is 0.135 e. The third kappa shape index (κ3) is 3.31. The molecule has 13 rings (SSSR count). The van der Waals surface area contributed by atoms with E-state index in [4.69, 9.17) is 0 Å². The van der Waals surface area contributed by atoms with Gasteiger partial charge >= 0.3 is 0 Å². The maximum absolute atomic E-state index is 2.52. The molecule has 0 saturated heterocycles. The van der Waals surface area contributed by atoms with Crippen molar-refractivity contribution in [3.05, 3.63) is 158 Å². The molecule has 0 saturated carbocycles. The SMILES string of the molecule is c1cc2c3c(cccc3c1)-c1cc3c(ccc4c5cc6c(cc5c(-c5cccc7sc8ccccc8c57)cc34)-c3cccc4cccc-6c34)cc1-2. The van der Waals surface area contributed by atoms with Crippen molar-refractivity contribution in [1.29, 1.82) is 0 Å². The summed E-state index contributed by atoms with van der Waals surface area (Å²) in [7, 11) is 0. The van der Waals surface area contributed by atoms with Crippen molar-refractivity contribution in [2.75, 3.05) is 0 Å². The molecule has 2 aliphatic rings. The smallest absolute Gasteiger partial charge is 0.0361 e. The molecule has 0 atom stereocenters. The molecule has 2 aliphatic carbocycles. The van der Waals surface area contributed by atoms with E-state index < -0.39 is 0 Å². The summed E-state index contributed by atoms with van der Waals surface area (Å²) < 4.78 is 2.67. The van der Waals surface area contributed by atoms with Gasteiger partial charge in [-0.05, 0) is 152 Å². The molecular weight excluding hydrogens is 633 g/mol. The molecule has 0 fully saturated rings. The van der Waals surface area contributed by atoms with Crippen LogP contribution in [-0.4, -0.2) is 0 Å². The van der Waals surface area contributed by atoms with Crippen molar-refractivity contribution in [2.45, 2.75) is 0 Å². The Morgan fingerprint density at radius 1 is 0.235 bits per heavy atom. The first-order chi connectivity index (χ1) is 25.3. The minimum Gasteiger partial charge on any atom is -0.135 e. The normalized spacial score (nSPS) is 12.7. The van der Waals surface area contributed by atoms with Crippen LogP contribution in [0.1, 0.15) is 0 Å². The average molecular weight is 659 g/mol. The van der Waals surface area contributed by atoms with E-state index in [0.29, 0.717) is 0 Å². The summed E-state index contributed by atoms with van der Waals surface area (Å²) in [5.74, 6) is 0. The Hall–Kier alpha value is -6.28. The van der Waals surface area contributed by atoms with Gasteiger partial charge in [-0.15, -0.1) is 11.3 Å². The van der Waals surface area contributed by atoms with Crippen molar-refractivity contribution in [1.82, 2.24) is 0 Å². The summed E-state index contributed by atoms with van der Waals surface area (Å²) in [6.45, 7) is 0. The minimum atomic E-state index is 1.29. The van der Waals surface area contributed by atoms with Crippen molar-refractivity contribution >= 4 is 85.4 Å². The van der Waals surface area contributed by atoms with E-state index in [1.54, 1.807) is 0 Å².